The number of piperazine rings is 1. The van der Waals surface area contributed by atoms with E-state index in [-0.39, 0.29) is 12.1 Å². The molecule has 2 aliphatic heterocycles. The molecule has 1 aromatic carbocycles. The van der Waals surface area contributed by atoms with Gasteiger partial charge in [0, 0.05) is 44.8 Å². The quantitative estimate of drug-likeness (QED) is 0.924. The molecular weight excluding hydrogens is 302 g/mol. The van der Waals surface area contributed by atoms with Gasteiger partial charge in [-0.25, -0.2) is 4.79 Å². The Kier molecular flexibility index (Phi) is 5.11. The van der Waals surface area contributed by atoms with Crippen molar-refractivity contribution < 1.29 is 9.53 Å². The number of carbonyl (C=O) groups is 1. The van der Waals surface area contributed by atoms with E-state index >= 15 is 0 Å². The Morgan fingerprint density at radius 3 is 2.67 bits per heavy atom. The Bertz CT molecular complexity index is 555. The Balaban J connectivity index is 1.49. The van der Waals surface area contributed by atoms with Gasteiger partial charge in [-0.1, -0.05) is 30.3 Å². The Morgan fingerprint density at radius 1 is 1.21 bits per heavy atom. The summed E-state index contributed by atoms with van der Waals surface area (Å²) < 4.78 is 5.37. The molecule has 1 N–H and O–H groups in total. The zero-order valence-corrected chi connectivity index (χ0v) is 15.0. The second kappa shape index (κ2) is 7.11. The fourth-order valence-electron chi connectivity index (χ4n) is 3.67. The predicted octanol–water partition coefficient (Wildman–Crippen LogP) is 2.47. The van der Waals surface area contributed by atoms with Crippen LogP contribution < -0.4 is 5.32 Å². The first-order valence-electron chi connectivity index (χ1n) is 8.89. The fraction of sp³-hybridized carbons (Fsp3) is 0.632. The molecule has 0 saturated carbocycles. The molecule has 2 unspecified atom stereocenters. The number of hydrogen-bond donors (Lipinski definition) is 1. The number of fused-ring (bicyclic) bond motifs is 1. The smallest absolute Gasteiger partial charge is 0.407 e. The molecule has 0 radical (unpaired) electrons. The van der Waals surface area contributed by atoms with Gasteiger partial charge in [-0.05, 0) is 32.8 Å². The lowest BCUT2D eigenvalue weighted by atomic mass is 10.1. The van der Waals surface area contributed by atoms with E-state index in [1.54, 1.807) is 0 Å². The first-order valence-corrected chi connectivity index (χ1v) is 8.89. The van der Waals surface area contributed by atoms with Crippen LogP contribution >= 0.6 is 0 Å². The molecular formula is C19H29N3O2. The molecule has 0 spiro atoms. The summed E-state index contributed by atoms with van der Waals surface area (Å²) in [5.74, 6) is 0. The minimum Gasteiger partial charge on any atom is -0.444 e. The largest absolute Gasteiger partial charge is 0.444 e. The molecule has 1 amide bonds. The molecule has 2 heterocycles. The topological polar surface area (TPSA) is 44.8 Å². The summed E-state index contributed by atoms with van der Waals surface area (Å²) >= 11 is 0. The number of benzene rings is 1. The van der Waals surface area contributed by atoms with Crippen LogP contribution in [0.1, 0.15) is 32.8 Å². The fourth-order valence-corrected chi connectivity index (χ4v) is 3.67. The van der Waals surface area contributed by atoms with Gasteiger partial charge in [-0.15, -0.1) is 0 Å². The van der Waals surface area contributed by atoms with Crippen molar-refractivity contribution in [3.63, 3.8) is 0 Å². The molecule has 2 saturated heterocycles. The minimum absolute atomic E-state index is 0.196. The minimum atomic E-state index is -0.442. The van der Waals surface area contributed by atoms with E-state index in [4.69, 9.17) is 4.74 Å². The number of amides is 1. The zero-order chi connectivity index (χ0) is 17.2. The van der Waals surface area contributed by atoms with Crippen LogP contribution in [0.5, 0.6) is 0 Å². The van der Waals surface area contributed by atoms with Crippen molar-refractivity contribution in [2.45, 2.75) is 51.4 Å². The van der Waals surface area contributed by atoms with Gasteiger partial charge in [0.1, 0.15) is 5.60 Å². The summed E-state index contributed by atoms with van der Waals surface area (Å²) in [7, 11) is 0. The third kappa shape index (κ3) is 4.71. The van der Waals surface area contributed by atoms with Crippen LogP contribution in [0.2, 0.25) is 0 Å². The maximum Gasteiger partial charge on any atom is 0.407 e. The van der Waals surface area contributed by atoms with Gasteiger partial charge in [-0.2, -0.15) is 0 Å². The normalized spacial score (nSPS) is 25.3. The second-order valence-corrected chi connectivity index (χ2v) is 7.95. The highest BCUT2D eigenvalue weighted by Crippen LogP contribution is 2.23. The van der Waals surface area contributed by atoms with Crippen molar-refractivity contribution in [2.24, 2.45) is 0 Å². The van der Waals surface area contributed by atoms with E-state index < -0.39 is 5.60 Å². The van der Waals surface area contributed by atoms with Gasteiger partial charge >= 0.3 is 6.09 Å². The van der Waals surface area contributed by atoms with E-state index in [0.717, 1.165) is 39.1 Å². The molecule has 0 aliphatic carbocycles. The zero-order valence-electron chi connectivity index (χ0n) is 15.0. The molecule has 1 aromatic rings. The molecule has 2 atom stereocenters. The summed E-state index contributed by atoms with van der Waals surface area (Å²) in [6, 6.07) is 11.4. The van der Waals surface area contributed by atoms with Gasteiger partial charge in [0.25, 0.3) is 0 Å². The molecule has 5 nitrogen and oxygen atoms in total. The van der Waals surface area contributed by atoms with Crippen molar-refractivity contribution in [1.82, 2.24) is 15.1 Å². The highest BCUT2D eigenvalue weighted by molar-refractivity contribution is 5.68. The summed E-state index contributed by atoms with van der Waals surface area (Å²) in [6.07, 6.45) is 0.707. The molecule has 24 heavy (non-hydrogen) atoms. The number of nitrogens with one attached hydrogen (secondary N) is 1. The van der Waals surface area contributed by atoms with Gasteiger partial charge < -0.3 is 10.1 Å². The average Bonchev–Trinajstić information content (AvgIpc) is 2.87. The van der Waals surface area contributed by atoms with E-state index in [9.17, 15) is 4.79 Å². The van der Waals surface area contributed by atoms with Crippen molar-refractivity contribution in [1.29, 1.82) is 0 Å². The number of carbonyl (C=O) groups excluding carboxylic acids is 1. The molecule has 2 aliphatic rings. The van der Waals surface area contributed by atoms with Crippen molar-refractivity contribution in [3.8, 4) is 0 Å². The molecule has 0 bridgehead atoms. The second-order valence-electron chi connectivity index (χ2n) is 7.95. The van der Waals surface area contributed by atoms with Crippen LogP contribution in [-0.2, 0) is 11.3 Å². The van der Waals surface area contributed by atoms with Gasteiger partial charge in [0.2, 0.25) is 0 Å². The SMILES string of the molecule is CC(C)(C)OC(=O)NC1CC2CN(Cc3ccccc3)CCN2C1. The van der Waals surface area contributed by atoms with E-state index in [0.29, 0.717) is 6.04 Å². The number of rotatable bonds is 3. The van der Waals surface area contributed by atoms with E-state index in [1.165, 1.54) is 5.56 Å². The highest BCUT2D eigenvalue weighted by Gasteiger charge is 2.37. The Hall–Kier alpha value is -1.59. The van der Waals surface area contributed by atoms with Crippen LogP contribution in [0.15, 0.2) is 30.3 Å². The number of hydrogen-bond acceptors (Lipinski definition) is 4. The summed E-state index contributed by atoms with van der Waals surface area (Å²) in [5, 5.41) is 3.03. The van der Waals surface area contributed by atoms with Gasteiger partial charge in [-0.3, -0.25) is 9.80 Å². The average molecular weight is 331 g/mol. The van der Waals surface area contributed by atoms with E-state index in [2.05, 4.69) is 45.4 Å². The third-order valence-corrected chi connectivity index (χ3v) is 4.67. The Morgan fingerprint density at radius 2 is 1.96 bits per heavy atom. The number of nitrogens with zero attached hydrogens (tertiary/aromatic N) is 2. The van der Waals surface area contributed by atoms with Crippen LogP contribution in [-0.4, -0.2) is 59.8 Å². The molecule has 0 aromatic heterocycles. The molecule has 5 heteroatoms. The maximum atomic E-state index is 12.0. The third-order valence-electron chi connectivity index (χ3n) is 4.67. The van der Waals surface area contributed by atoms with Gasteiger partial charge in [0.05, 0.1) is 0 Å². The van der Waals surface area contributed by atoms with E-state index in [1.807, 2.05) is 20.8 Å². The van der Waals surface area contributed by atoms with Crippen LogP contribution in [0.3, 0.4) is 0 Å². The number of alkyl carbamates (subject to hydrolysis) is 1. The van der Waals surface area contributed by atoms with Crippen LogP contribution in [0.4, 0.5) is 4.79 Å². The monoisotopic (exact) mass is 331 g/mol. The first-order chi connectivity index (χ1) is 11.4. The summed E-state index contributed by atoms with van der Waals surface area (Å²) in [5.41, 5.74) is 0.926. The first kappa shape index (κ1) is 17.2. The van der Waals surface area contributed by atoms with Crippen molar-refractivity contribution >= 4 is 6.09 Å². The predicted molar refractivity (Wildman–Crippen MR) is 94.9 cm³/mol. The number of ether oxygens (including phenoxy) is 1. The molecule has 2 fully saturated rings. The maximum absolute atomic E-state index is 12.0. The standard InChI is InChI=1S/C19H29N3O2/c1-19(2,3)24-18(23)20-16-11-17-14-21(9-10-22(17)13-16)12-15-7-5-4-6-8-15/h4-8,16-17H,9-14H2,1-3H3,(H,20,23). The van der Waals surface area contributed by atoms with Crippen molar-refractivity contribution in [2.75, 3.05) is 26.2 Å². The lowest BCUT2D eigenvalue weighted by Gasteiger charge is -2.37. The Labute approximate surface area is 145 Å². The molecule has 3 rings (SSSR count). The highest BCUT2D eigenvalue weighted by atomic mass is 16.6. The summed E-state index contributed by atoms with van der Waals surface area (Å²) in [6.45, 7) is 10.9. The van der Waals surface area contributed by atoms with Crippen molar-refractivity contribution in [3.05, 3.63) is 35.9 Å². The van der Waals surface area contributed by atoms with Crippen LogP contribution in [0, 0.1) is 0 Å². The van der Waals surface area contributed by atoms with Crippen LogP contribution in [0.25, 0.3) is 0 Å². The lowest BCUT2D eigenvalue weighted by Crippen LogP contribution is -2.49. The summed E-state index contributed by atoms with van der Waals surface area (Å²) in [4.78, 5) is 17.0. The lowest BCUT2D eigenvalue weighted by molar-refractivity contribution is 0.0505. The van der Waals surface area contributed by atoms with Gasteiger partial charge in [0.15, 0.2) is 0 Å². The molecule has 132 valence electrons.